The number of rotatable bonds is 4. The van der Waals surface area contributed by atoms with Gasteiger partial charge in [-0.25, -0.2) is 9.97 Å². The number of halogens is 1. The van der Waals surface area contributed by atoms with E-state index < -0.39 is 0 Å². The summed E-state index contributed by atoms with van der Waals surface area (Å²) in [6.07, 6.45) is 3.57. The molecule has 0 fully saturated rings. The molecular weight excluding hydrogens is 332 g/mol. The monoisotopic (exact) mass is 346 g/mol. The summed E-state index contributed by atoms with van der Waals surface area (Å²) in [4.78, 5) is 13.5. The first-order chi connectivity index (χ1) is 12.3. The molecule has 0 amide bonds. The third-order valence-corrected chi connectivity index (χ3v) is 4.17. The second-order valence-corrected chi connectivity index (χ2v) is 6.07. The van der Waals surface area contributed by atoms with Crippen LogP contribution in [0.3, 0.4) is 0 Å². The second kappa shape index (κ2) is 6.87. The number of pyridine rings is 1. The van der Waals surface area contributed by atoms with E-state index in [1.165, 1.54) is 0 Å². The van der Waals surface area contributed by atoms with Gasteiger partial charge in [0.2, 0.25) is 0 Å². The van der Waals surface area contributed by atoms with Crippen LogP contribution in [-0.4, -0.2) is 15.0 Å². The van der Waals surface area contributed by atoms with E-state index in [0.717, 1.165) is 27.8 Å². The van der Waals surface area contributed by atoms with Crippen molar-refractivity contribution in [2.24, 2.45) is 0 Å². The van der Waals surface area contributed by atoms with E-state index in [9.17, 15) is 0 Å². The van der Waals surface area contributed by atoms with Crippen molar-refractivity contribution in [3.63, 3.8) is 0 Å². The van der Waals surface area contributed by atoms with E-state index in [2.05, 4.69) is 15.3 Å². The molecule has 4 rings (SSSR count). The zero-order valence-corrected chi connectivity index (χ0v) is 14.1. The van der Waals surface area contributed by atoms with Gasteiger partial charge in [-0.1, -0.05) is 23.7 Å². The Morgan fingerprint density at radius 2 is 1.60 bits per heavy atom. The number of fused-ring (bicyclic) bond motifs is 1. The minimum atomic E-state index is 0.670. The first kappa shape index (κ1) is 15.5. The Morgan fingerprint density at radius 1 is 0.840 bits per heavy atom. The van der Waals surface area contributed by atoms with Gasteiger partial charge in [0.05, 0.1) is 5.52 Å². The highest BCUT2D eigenvalue weighted by Crippen LogP contribution is 2.26. The van der Waals surface area contributed by atoms with Gasteiger partial charge in [0.1, 0.15) is 5.82 Å². The van der Waals surface area contributed by atoms with Gasteiger partial charge in [-0.05, 0) is 54.1 Å². The van der Waals surface area contributed by atoms with Crippen LogP contribution in [0.2, 0.25) is 5.02 Å². The number of nitrogens with one attached hydrogen (secondary N) is 1. The number of hydrogen-bond donors (Lipinski definition) is 1. The van der Waals surface area contributed by atoms with Crippen molar-refractivity contribution in [2.75, 3.05) is 5.32 Å². The van der Waals surface area contributed by atoms with Crippen LogP contribution in [0.5, 0.6) is 0 Å². The van der Waals surface area contributed by atoms with Crippen LogP contribution in [0.25, 0.3) is 22.3 Å². The van der Waals surface area contributed by atoms with Crippen molar-refractivity contribution in [1.82, 2.24) is 15.0 Å². The van der Waals surface area contributed by atoms with E-state index in [1.54, 1.807) is 12.4 Å². The average molecular weight is 347 g/mol. The van der Waals surface area contributed by atoms with Crippen molar-refractivity contribution in [3.8, 4) is 11.4 Å². The molecule has 2 aromatic heterocycles. The summed E-state index contributed by atoms with van der Waals surface area (Å²) in [6, 6.07) is 19.5. The van der Waals surface area contributed by atoms with Crippen molar-refractivity contribution < 1.29 is 0 Å². The zero-order valence-electron chi connectivity index (χ0n) is 13.4. The molecule has 5 heteroatoms. The predicted octanol–water partition coefficient (Wildman–Crippen LogP) is 4.96. The Labute approximate surface area is 150 Å². The summed E-state index contributed by atoms with van der Waals surface area (Å²) in [5.41, 5.74) is 2.98. The molecule has 0 saturated carbocycles. The van der Waals surface area contributed by atoms with E-state index in [0.29, 0.717) is 17.4 Å². The van der Waals surface area contributed by atoms with Crippen LogP contribution in [0.4, 0.5) is 5.82 Å². The van der Waals surface area contributed by atoms with Crippen LogP contribution >= 0.6 is 11.6 Å². The highest BCUT2D eigenvalue weighted by Gasteiger charge is 2.09. The fourth-order valence-electron chi connectivity index (χ4n) is 2.63. The highest BCUT2D eigenvalue weighted by atomic mass is 35.5. The number of hydrogen-bond acceptors (Lipinski definition) is 4. The summed E-state index contributed by atoms with van der Waals surface area (Å²) in [5.74, 6) is 1.49. The third kappa shape index (κ3) is 3.44. The normalized spacial score (nSPS) is 10.8. The van der Waals surface area contributed by atoms with Crippen molar-refractivity contribution in [1.29, 1.82) is 0 Å². The van der Waals surface area contributed by atoms with Crippen molar-refractivity contribution in [2.45, 2.75) is 6.54 Å². The van der Waals surface area contributed by atoms with Crippen LogP contribution in [0.1, 0.15) is 5.56 Å². The molecule has 25 heavy (non-hydrogen) atoms. The van der Waals surface area contributed by atoms with Crippen LogP contribution in [0, 0.1) is 0 Å². The van der Waals surface area contributed by atoms with Crippen LogP contribution in [0.15, 0.2) is 73.1 Å². The van der Waals surface area contributed by atoms with Gasteiger partial charge in [-0.2, -0.15) is 0 Å². The molecule has 0 atom stereocenters. The molecule has 0 radical (unpaired) electrons. The van der Waals surface area contributed by atoms with Gasteiger partial charge in [0.15, 0.2) is 5.82 Å². The largest absolute Gasteiger partial charge is 0.365 e. The van der Waals surface area contributed by atoms with Gasteiger partial charge in [0.25, 0.3) is 0 Å². The Bertz CT molecular complexity index is 1000. The molecule has 0 saturated heterocycles. The lowest BCUT2D eigenvalue weighted by molar-refractivity contribution is 1.09. The highest BCUT2D eigenvalue weighted by molar-refractivity contribution is 6.30. The lowest BCUT2D eigenvalue weighted by Crippen LogP contribution is -2.04. The zero-order chi connectivity index (χ0) is 17.1. The number of nitrogens with zero attached hydrogens (tertiary/aromatic N) is 3. The third-order valence-electron chi connectivity index (χ3n) is 3.91. The average Bonchev–Trinajstić information content (AvgIpc) is 2.67. The molecule has 0 aliphatic rings. The Kier molecular flexibility index (Phi) is 4.27. The molecule has 1 N–H and O–H groups in total. The minimum absolute atomic E-state index is 0.670. The Hall–Kier alpha value is -2.98. The molecule has 0 aliphatic heterocycles. The number of aromatic nitrogens is 3. The van der Waals surface area contributed by atoms with E-state index in [-0.39, 0.29) is 0 Å². The predicted molar refractivity (Wildman–Crippen MR) is 102 cm³/mol. The van der Waals surface area contributed by atoms with Gasteiger partial charge in [-0.15, -0.1) is 0 Å². The fraction of sp³-hybridized carbons (Fsp3) is 0.0500. The molecule has 4 aromatic rings. The van der Waals surface area contributed by atoms with Gasteiger partial charge < -0.3 is 5.32 Å². The molecular formula is C20H15ClN4. The van der Waals surface area contributed by atoms with E-state index in [4.69, 9.17) is 16.6 Å². The summed E-state index contributed by atoms with van der Waals surface area (Å²) in [7, 11) is 0. The maximum absolute atomic E-state index is 5.98. The molecule has 0 unspecified atom stereocenters. The summed E-state index contributed by atoms with van der Waals surface area (Å²) in [5, 5.41) is 5.11. The molecule has 122 valence electrons. The van der Waals surface area contributed by atoms with E-state index >= 15 is 0 Å². The maximum atomic E-state index is 5.98. The molecule has 0 bridgehead atoms. The summed E-state index contributed by atoms with van der Waals surface area (Å²) < 4.78 is 0. The van der Waals surface area contributed by atoms with Crippen LogP contribution in [-0.2, 0) is 6.54 Å². The van der Waals surface area contributed by atoms with Gasteiger partial charge in [0, 0.05) is 34.9 Å². The molecule has 4 nitrogen and oxygen atoms in total. The fourth-order valence-corrected chi connectivity index (χ4v) is 2.75. The first-order valence-corrected chi connectivity index (χ1v) is 8.33. The first-order valence-electron chi connectivity index (χ1n) is 7.95. The number of para-hydroxylation sites is 1. The molecule has 2 aromatic carbocycles. The summed E-state index contributed by atoms with van der Waals surface area (Å²) >= 11 is 5.98. The lowest BCUT2D eigenvalue weighted by atomic mass is 10.2. The topological polar surface area (TPSA) is 50.7 Å². The lowest BCUT2D eigenvalue weighted by Gasteiger charge is -2.11. The quantitative estimate of drug-likeness (QED) is 0.567. The minimum Gasteiger partial charge on any atom is -0.365 e. The molecule has 2 heterocycles. The van der Waals surface area contributed by atoms with Crippen LogP contribution < -0.4 is 5.32 Å². The van der Waals surface area contributed by atoms with Crippen molar-refractivity contribution in [3.05, 3.63) is 83.6 Å². The van der Waals surface area contributed by atoms with Gasteiger partial charge >= 0.3 is 0 Å². The van der Waals surface area contributed by atoms with Gasteiger partial charge in [-0.3, -0.25) is 4.98 Å². The maximum Gasteiger partial charge on any atom is 0.162 e. The molecule has 0 aliphatic carbocycles. The summed E-state index contributed by atoms with van der Waals surface area (Å²) in [6.45, 7) is 0.670. The van der Waals surface area contributed by atoms with Crippen molar-refractivity contribution >= 4 is 28.3 Å². The standard InChI is InChI=1S/C20H15ClN4/c21-16-7-5-15(6-8-16)19-24-18-4-2-1-3-17(18)20(25-19)23-13-14-9-11-22-12-10-14/h1-12H,13H2,(H,23,24,25). The number of anilines is 1. The number of benzene rings is 2. The Morgan fingerprint density at radius 3 is 2.40 bits per heavy atom. The smallest absolute Gasteiger partial charge is 0.162 e. The molecule has 0 spiro atoms. The SMILES string of the molecule is Clc1ccc(-c2nc(NCc3ccncc3)c3ccccc3n2)cc1. The van der Waals surface area contributed by atoms with E-state index in [1.807, 2.05) is 60.7 Å². The Balaban J connectivity index is 1.74. The second-order valence-electron chi connectivity index (χ2n) is 5.63.